The molecular weight excluding hydrogens is 258 g/mol. The first-order valence-corrected chi connectivity index (χ1v) is 7.53. The quantitative estimate of drug-likeness (QED) is 0.773. The highest BCUT2D eigenvalue weighted by molar-refractivity contribution is 6.02. The van der Waals surface area contributed by atoms with Gasteiger partial charge in [0, 0.05) is 0 Å². The Morgan fingerprint density at radius 1 is 1.10 bits per heavy atom. The van der Waals surface area contributed by atoms with Crippen LogP contribution in [0.3, 0.4) is 0 Å². The van der Waals surface area contributed by atoms with Crippen molar-refractivity contribution in [1.82, 2.24) is 4.90 Å². The summed E-state index contributed by atoms with van der Waals surface area (Å²) in [7, 11) is 0. The van der Waals surface area contributed by atoms with Crippen LogP contribution in [0.25, 0.3) is 0 Å². The maximum absolute atomic E-state index is 12.2. The van der Waals surface area contributed by atoms with Gasteiger partial charge < -0.3 is 9.84 Å². The molecule has 3 rings (SSSR count). The van der Waals surface area contributed by atoms with E-state index in [1.807, 2.05) is 0 Å². The first-order chi connectivity index (χ1) is 9.30. The van der Waals surface area contributed by atoms with Crippen LogP contribution in [0.2, 0.25) is 0 Å². The van der Waals surface area contributed by atoms with Crippen molar-refractivity contribution in [1.29, 1.82) is 0 Å². The number of carbonyl (C=O) groups excluding carboxylic acids is 2. The summed E-state index contributed by atoms with van der Waals surface area (Å²) in [6.07, 6.45) is 3.43. The Morgan fingerprint density at radius 3 is 2.10 bits per heavy atom. The molecule has 20 heavy (non-hydrogen) atoms. The van der Waals surface area contributed by atoms with Gasteiger partial charge in [-0.2, -0.15) is 0 Å². The molecule has 5 heteroatoms. The number of likely N-dealkylation sites (tertiary alicyclic amines) is 1. The van der Waals surface area contributed by atoms with Crippen molar-refractivity contribution >= 4 is 11.8 Å². The van der Waals surface area contributed by atoms with Crippen molar-refractivity contribution in [2.75, 3.05) is 6.54 Å². The summed E-state index contributed by atoms with van der Waals surface area (Å²) in [6, 6.07) is 0. The van der Waals surface area contributed by atoms with E-state index >= 15 is 0 Å². The third-order valence-corrected chi connectivity index (χ3v) is 5.09. The SMILES string of the molecule is CC1(C)CCC(O)(CN2C(=O)C3CCC(O3)C2=O)CC1. The average molecular weight is 281 g/mol. The molecular formula is C15H23NO4. The van der Waals surface area contributed by atoms with E-state index in [1.54, 1.807) is 0 Å². The highest BCUT2D eigenvalue weighted by Gasteiger charge is 2.49. The number of morpholine rings is 1. The molecule has 2 amide bonds. The normalized spacial score (nSPS) is 35.5. The van der Waals surface area contributed by atoms with Crippen molar-refractivity contribution in [3.63, 3.8) is 0 Å². The van der Waals surface area contributed by atoms with Crippen molar-refractivity contribution in [3.05, 3.63) is 0 Å². The minimum Gasteiger partial charge on any atom is -0.388 e. The summed E-state index contributed by atoms with van der Waals surface area (Å²) in [5.74, 6) is -0.524. The summed E-state index contributed by atoms with van der Waals surface area (Å²) >= 11 is 0. The van der Waals surface area contributed by atoms with Crippen LogP contribution in [-0.4, -0.2) is 46.2 Å². The van der Waals surface area contributed by atoms with E-state index in [-0.39, 0.29) is 23.8 Å². The molecule has 0 radical (unpaired) electrons. The number of imide groups is 1. The molecule has 2 aliphatic heterocycles. The van der Waals surface area contributed by atoms with Gasteiger partial charge in [-0.3, -0.25) is 14.5 Å². The van der Waals surface area contributed by atoms with Crippen LogP contribution in [0.5, 0.6) is 0 Å². The number of carbonyl (C=O) groups is 2. The van der Waals surface area contributed by atoms with Gasteiger partial charge in [0.05, 0.1) is 12.1 Å². The Bertz CT molecular complexity index is 413. The number of hydrogen-bond donors (Lipinski definition) is 1. The van der Waals surface area contributed by atoms with Gasteiger partial charge in [0.2, 0.25) is 0 Å². The van der Waals surface area contributed by atoms with Crippen LogP contribution in [0, 0.1) is 5.41 Å². The monoisotopic (exact) mass is 281 g/mol. The minimum absolute atomic E-state index is 0.136. The highest BCUT2D eigenvalue weighted by atomic mass is 16.5. The van der Waals surface area contributed by atoms with Gasteiger partial charge in [0.1, 0.15) is 12.2 Å². The number of β-amino-alcohol motifs (C(OH)–C–C–N with tert-alkyl or cyclic N) is 1. The molecule has 2 unspecified atom stereocenters. The van der Waals surface area contributed by atoms with Crippen LogP contribution in [0.1, 0.15) is 52.4 Å². The molecule has 0 aromatic rings. The predicted molar refractivity (Wildman–Crippen MR) is 71.8 cm³/mol. The first kappa shape index (κ1) is 14.0. The number of amides is 2. The van der Waals surface area contributed by atoms with E-state index in [2.05, 4.69) is 13.8 Å². The Balaban J connectivity index is 1.71. The van der Waals surface area contributed by atoms with Gasteiger partial charge in [-0.1, -0.05) is 13.8 Å². The van der Waals surface area contributed by atoms with Crippen molar-refractivity contribution in [2.45, 2.75) is 70.2 Å². The summed E-state index contributed by atoms with van der Waals surface area (Å²) in [6.45, 7) is 4.52. The fourth-order valence-corrected chi connectivity index (χ4v) is 3.46. The van der Waals surface area contributed by atoms with Crippen molar-refractivity contribution < 1.29 is 19.4 Å². The molecule has 2 saturated heterocycles. The smallest absolute Gasteiger partial charge is 0.258 e. The second-order valence-electron chi connectivity index (χ2n) is 7.34. The highest BCUT2D eigenvalue weighted by Crippen LogP contribution is 2.41. The van der Waals surface area contributed by atoms with E-state index in [0.717, 1.165) is 12.8 Å². The average Bonchev–Trinajstić information content (AvgIpc) is 2.84. The fraction of sp³-hybridized carbons (Fsp3) is 0.867. The molecule has 2 atom stereocenters. The van der Waals surface area contributed by atoms with E-state index in [0.29, 0.717) is 25.7 Å². The van der Waals surface area contributed by atoms with E-state index in [9.17, 15) is 14.7 Å². The standard InChI is InChI=1S/C15H23NO4/c1-14(2)5-7-15(19,8-6-14)9-16-12(17)10-3-4-11(20-10)13(16)18/h10-11,19H,3-9H2,1-2H3. The second-order valence-corrected chi connectivity index (χ2v) is 7.34. The molecule has 1 N–H and O–H groups in total. The minimum atomic E-state index is -0.919. The van der Waals surface area contributed by atoms with Crippen LogP contribution < -0.4 is 0 Å². The van der Waals surface area contributed by atoms with Crippen molar-refractivity contribution in [3.8, 4) is 0 Å². The van der Waals surface area contributed by atoms with Gasteiger partial charge >= 0.3 is 0 Å². The summed E-state index contributed by atoms with van der Waals surface area (Å²) in [5.41, 5.74) is -0.679. The van der Waals surface area contributed by atoms with E-state index < -0.39 is 17.8 Å². The van der Waals surface area contributed by atoms with Crippen LogP contribution in [0.4, 0.5) is 0 Å². The molecule has 3 aliphatic rings. The molecule has 5 nitrogen and oxygen atoms in total. The lowest BCUT2D eigenvalue weighted by molar-refractivity contribution is -0.174. The Morgan fingerprint density at radius 2 is 1.60 bits per heavy atom. The van der Waals surface area contributed by atoms with Crippen LogP contribution >= 0.6 is 0 Å². The summed E-state index contributed by atoms with van der Waals surface area (Å²) < 4.78 is 5.38. The molecule has 2 heterocycles. The predicted octanol–water partition coefficient (Wildman–Crippen LogP) is 1.23. The third-order valence-electron chi connectivity index (χ3n) is 5.09. The number of rotatable bonds is 2. The number of hydrogen-bond acceptors (Lipinski definition) is 4. The van der Waals surface area contributed by atoms with E-state index in [1.165, 1.54) is 4.90 Å². The number of fused-ring (bicyclic) bond motifs is 2. The Hall–Kier alpha value is -0.940. The largest absolute Gasteiger partial charge is 0.388 e. The zero-order valence-electron chi connectivity index (χ0n) is 12.2. The van der Waals surface area contributed by atoms with Gasteiger partial charge in [0.25, 0.3) is 11.8 Å². The molecule has 1 saturated carbocycles. The van der Waals surface area contributed by atoms with E-state index in [4.69, 9.17) is 4.74 Å². The molecule has 1 aliphatic carbocycles. The molecule has 2 bridgehead atoms. The van der Waals surface area contributed by atoms with Gasteiger partial charge in [0.15, 0.2) is 0 Å². The molecule has 3 fully saturated rings. The zero-order chi connectivity index (χ0) is 14.5. The molecule has 0 aromatic carbocycles. The fourth-order valence-electron chi connectivity index (χ4n) is 3.46. The topological polar surface area (TPSA) is 66.8 Å². The Kier molecular flexibility index (Phi) is 3.18. The second kappa shape index (κ2) is 4.53. The van der Waals surface area contributed by atoms with Gasteiger partial charge in [-0.25, -0.2) is 0 Å². The summed E-state index contributed by atoms with van der Waals surface area (Å²) in [4.78, 5) is 25.7. The molecule has 112 valence electrons. The lowest BCUT2D eigenvalue weighted by Gasteiger charge is -2.43. The number of aliphatic hydroxyl groups is 1. The first-order valence-electron chi connectivity index (χ1n) is 7.53. The lowest BCUT2D eigenvalue weighted by atomic mass is 9.71. The third kappa shape index (κ3) is 2.37. The van der Waals surface area contributed by atoms with Crippen molar-refractivity contribution in [2.24, 2.45) is 5.41 Å². The summed E-state index contributed by atoms with van der Waals surface area (Å²) in [5, 5.41) is 10.7. The van der Waals surface area contributed by atoms with Gasteiger partial charge in [-0.05, 0) is 43.9 Å². The van der Waals surface area contributed by atoms with Crippen LogP contribution in [-0.2, 0) is 14.3 Å². The molecule has 0 aromatic heterocycles. The number of ether oxygens (including phenoxy) is 1. The zero-order valence-corrected chi connectivity index (χ0v) is 12.2. The van der Waals surface area contributed by atoms with Crippen LogP contribution in [0.15, 0.2) is 0 Å². The number of nitrogens with zero attached hydrogens (tertiary/aromatic N) is 1. The maximum atomic E-state index is 12.2. The Labute approximate surface area is 119 Å². The lowest BCUT2D eigenvalue weighted by Crippen LogP contribution is -2.57. The molecule has 0 spiro atoms. The maximum Gasteiger partial charge on any atom is 0.258 e. The van der Waals surface area contributed by atoms with Gasteiger partial charge in [-0.15, -0.1) is 0 Å².